The van der Waals surface area contributed by atoms with Gasteiger partial charge in [-0.25, -0.2) is 8.42 Å². The maximum absolute atomic E-state index is 11.4. The standard InChI is InChI=1S/C6H10ClN3O2S2/c7-3-1-2-4-14(11,12)10-6-9-8-5-13-6/h5H,1-4H2,(H,9,10). The van der Waals surface area contributed by atoms with Gasteiger partial charge in [-0.3, -0.25) is 4.72 Å². The van der Waals surface area contributed by atoms with E-state index < -0.39 is 10.0 Å². The normalized spacial score (nSPS) is 11.5. The van der Waals surface area contributed by atoms with Crippen molar-refractivity contribution in [3.8, 4) is 0 Å². The summed E-state index contributed by atoms with van der Waals surface area (Å²) < 4.78 is 25.0. The Kier molecular flexibility index (Phi) is 4.56. The van der Waals surface area contributed by atoms with Crippen LogP contribution in [0.15, 0.2) is 5.51 Å². The second-order valence-corrected chi connectivity index (χ2v) is 5.61. The SMILES string of the molecule is O=S(=O)(CCCCCl)Nc1nncs1. The molecule has 80 valence electrons. The Morgan fingerprint density at radius 2 is 2.29 bits per heavy atom. The van der Waals surface area contributed by atoms with Crippen LogP contribution in [-0.4, -0.2) is 30.2 Å². The number of nitrogens with one attached hydrogen (secondary N) is 1. The number of nitrogens with zero attached hydrogens (tertiary/aromatic N) is 2. The highest BCUT2D eigenvalue weighted by atomic mass is 35.5. The van der Waals surface area contributed by atoms with Crippen LogP contribution in [0.3, 0.4) is 0 Å². The van der Waals surface area contributed by atoms with Gasteiger partial charge in [-0.15, -0.1) is 21.8 Å². The van der Waals surface area contributed by atoms with E-state index in [1.54, 1.807) is 0 Å². The van der Waals surface area contributed by atoms with E-state index in [4.69, 9.17) is 11.6 Å². The highest BCUT2D eigenvalue weighted by Crippen LogP contribution is 2.11. The van der Waals surface area contributed by atoms with Gasteiger partial charge in [0.05, 0.1) is 5.75 Å². The van der Waals surface area contributed by atoms with Gasteiger partial charge in [-0.1, -0.05) is 11.3 Å². The van der Waals surface area contributed by atoms with Gasteiger partial charge >= 0.3 is 0 Å². The summed E-state index contributed by atoms with van der Waals surface area (Å²) >= 11 is 6.59. The second-order valence-electron chi connectivity index (χ2n) is 2.56. The quantitative estimate of drug-likeness (QED) is 0.614. The Labute approximate surface area is 91.6 Å². The fraction of sp³-hybridized carbons (Fsp3) is 0.667. The number of hydrogen-bond donors (Lipinski definition) is 1. The van der Waals surface area contributed by atoms with Crippen LogP contribution in [0, 0.1) is 0 Å². The molecule has 0 aliphatic carbocycles. The molecule has 0 spiro atoms. The number of sulfonamides is 1. The van der Waals surface area contributed by atoms with Crippen LogP contribution in [-0.2, 0) is 10.0 Å². The van der Waals surface area contributed by atoms with Crippen LogP contribution in [0.25, 0.3) is 0 Å². The minimum atomic E-state index is -3.28. The van der Waals surface area contributed by atoms with Crippen molar-refractivity contribution in [2.75, 3.05) is 16.4 Å². The lowest BCUT2D eigenvalue weighted by atomic mass is 10.4. The molecule has 8 heteroatoms. The lowest BCUT2D eigenvalue weighted by Gasteiger charge is -2.02. The number of rotatable bonds is 6. The molecule has 1 N–H and O–H groups in total. The summed E-state index contributed by atoms with van der Waals surface area (Å²) in [6.45, 7) is 0. The summed E-state index contributed by atoms with van der Waals surface area (Å²) in [5.74, 6) is 0.549. The first-order chi connectivity index (χ1) is 6.64. The van der Waals surface area contributed by atoms with Crippen LogP contribution < -0.4 is 4.72 Å². The molecule has 0 unspecified atom stereocenters. The van der Waals surface area contributed by atoms with Crippen LogP contribution in [0.5, 0.6) is 0 Å². The molecule has 0 aromatic carbocycles. The Morgan fingerprint density at radius 1 is 1.50 bits per heavy atom. The number of unbranched alkanes of at least 4 members (excludes halogenated alkanes) is 1. The van der Waals surface area contributed by atoms with E-state index in [1.807, 2.05) is 0 Å². The van der Waals surface area contributed by atoms with Crippen molar-refractivity contribution in [3.05, 3.63) is 5.51 Å². The Bertz CT molecular complexity index is 351. The van der Waals surface area contributed by atoms with Gasteiger partial charge in [0, 0.05) is 5.88 Å². The highest BCUT2D eigenvalue weighted by molar-refractivity contribution is 7.92. The average molecular weight is 256 g/mol. The van der Waals surface area contributed by atoms with Crippen LogP contribution in [0.4, 0.5) is 5.13 Å². The monoisotopic (exact) mass is 255 g/mol. The van der Waals surface area contributed by atoms with E-state index in [-0.39, 0.29) is 5.75 Å². The number of aromatic nitrogens is 2. The van der Waals surface area contributed by atoms with E-state index in [9.17, 15) is 8.42 Å². The predicted molar refractivity (Wildman–Crippen MR) is 57.3 cm³/mol. The van der Waals surface area contributed by atoms with E-state index in [0.717, 1.165) is 11.3 Å². The zero-order valence-corrected chi connectivity index (χ0v) is 9.70. The fourth-order valence-electron chi connectivity index (χ4n) is 0.788. The molecule has 1 aromatic heterocycles. The molecular weight excluding hydrogens is 246 g/mol. The van der Waals surface area contributed by atoms with E-state index in [1.165, 1.54) is 5.51 Å². The predicted octanol–water partition coefficient (Wildman–Crippen LogP) is 1.30. The third kappa shape index (κ3) is 4.21. The summed E-state index contributed by atoms with van der Waals surface area (Å²) in [7, 11) is -3.28. The van der Waals surface area contributed by atoms with Gasteiger partial charge < -0.3 is 0 Å². The maximum Gasteiger partial charge on any atom is 0.234 e. The first-order valence-electron chi connectivity index (χ1n) is 3.97. The molecule has 0 saturated heterocycles. The second kappa shape index (κ2) is 5.47. The van der Waals surface area contributed by atoms with E-state index in [2.05, 4.69) is 14.9 Å². The Morgan fingerprint density at radius 3 is 2.86 bits per heavy atom. The molecule has 0 amide bonds. The van der Waals surface area contributed by atoms with E-state index >= 15 is 0 Å². The highest BCUT2D eigenvalue weighted by Gasteiger charge is 2.11. The van der Waals surface area contributed by atoms with Gasteiger partial charge in [0.15, 0.2) is 0 Å². The smallest absolute Gasteiger partial charge is 0.234 e. The average Bonchev–Trinajstić information content (AvgIpc) is 2.56. The topological polar surface area (TPSA) is 72.0 Å². The molecule has 5 nitrogen and oxygen atoms in total. The molecule has 0 radical (unpaired) electrons. The zero-order valence-electron chi connectivity index (χ0n) is 7.31. The van der Waals surface area contributed by atoms with Crippen LogP contribution in [0.2, 0.25) is 0 Å². The van der Waals surface area contributed by atoms with Gasteiger partial charge in [0.1, 0.15) is 5.51 Å². The van der Waals surface area contributed by atoms with Gasteiger partial charge in [-0.05, 0) is 12.8 Å². The lowest BCUT2D eigenvalue weighted by molar-refractivity contribution is 0.598. The summed E-state index contributed by atoms with van der Waals surface area (Å²) in [4.78, 5) is 0. The lowest BCUT2D eigenvalue weighted by Crippen LogP contribution is -2.16. The summed E-state index contributed by atoms with van der Waals surface area (Å²) in [6.07, 6.45) is 1.25. The third-order valence-corrected chi connectivity index (χ3v) is 3.73. The number of alkyl halides is 1. The molecule has 0 bridgehead atoms. The van der Waals surface area contributed by atoms with Gasteiger partial charge in [0.25, 0.3) is 0 Å². The summed E-state index contributed by atoms with van der Waals surface area (Å²) in [6, 6.07) is 0. The van der Waals surface area contributed by atoms with Crippen molar-refractivity contribution in [1.82, 2.24) is 10.2 Å². The number of halogens is 1. The molecule has 1 heterocycles. The molecule has 0 aliphatic rings. The van der Waals surface area contributed by atoms with E-state index in [0.29, 0.717) is 23.9 Å². The molecule has 0 fully saturated rings. The van der Waals surface area contributed by atoms with Crippen molar-refractivity contribution in [2.24, 2.45) is 0 Å². The van der Waals surface area contributed by atoms with Crippen LogP contribution in [0.1, 0.15) is 12.8 Å². The molecule has 1 aromatic rings. The van der Waals surface area contributed by atoms with Gasteiger partial charge in [0.2, 0.25) is 15.2 Å². The summed E-state index contributed by atoms with van der Waals surface area (Å²) in [5.41, 5.74) is 1.47. The Hall–Kier alpha value is -0.400. The molecule has 0 aliphatic heterocycles. The van der Waals surface area contributed by atoms with Crippen LogP contribution >= 0.6 is 22.9 Å². The van der Waals surface area contributed by atoms with Crippen molar-refractivity contribution >= 4 is 38.1 Å². The molecule has 1 rings (SSSR count). The summed E-state index contributed by atoms with van der Waals surface area (Å²) in [5, 5.41) is 7.41. The van der Waals surface area contributed by atoms with Gasteiger partial charge in [-0.2, -0.15) is 0 Å². The maximum atomic E-state index is 11.4. The fourth-order valence-corrected chi connectivity index (χ4v) is 2.83. The third-order valence-electron chi connectivity index (χ3n) is 1.40. The largest absolute Gasteiger partial charge is 0.257 e. The molecular formula is C6H10ClN3O2S2. The van der Waals surface area contributed by atoms with Crippen molar-refractivity contribution in [2.45, 2.75) is 12.8 Å². The number of anilines is 1. The Balaban J connectivity index is 2.42. The number of hydrogen-bond acceptors (Lipinski definition) is 5. The van der Waals surface area contributed by atoms with Crippen molar-refractivity contribution < 1.29 is 8.42 Å². The first-order valence-corrected chi connectivity index (χ1v) is 7.03. The first kappa shape index (κ1) is 11.7. The zero-order chi connectivity index (χ0) is 10.4. The van der Waals surface area contributed by atoms with Crippen molar-refractivity contribution in [1.29, 1.82) is 0 Å². The minimum absolute atomic E-state index is 0.0687. The molecule has 0 saturated carbocycles. The van der Waals surface area contributed by atoms with Crippen molar-refractivity contribution in [3.63, 3.8) is 0 Å². The molecule has 0 atom stereocenters. The molecule has 14 heavy (non-hydrogen) atoms. The minimum Gasteiger partial charge on any atom is -0.257 e.